The molecule has 2 rings (SSSR count). The van der Waals surface area contributed by atoms with Gasteiger partial charge in [-0.2, -0.15) is 11.8 Å². The van der Waals surface area contributed by atoms with Gasteiger partial charge in [-0.3, -0.25) is 4.79 Å². The van der Waals surface area contributed by atoms with E-state index in [4.69, 9.17) is 0 Å². The normalized spacial score (nSPS) is 32.9. The van der Waals surface area contributed by atoms with Gasteiger partial charge in [0.25, 0.3) is 0 Å². The van der Waals surface area contributed by atoms with Gasteiger partial charge in [-0.05, 0) is 31.6 Å². The number of hydrogen-bond acceptors (Lipinski definition) is 3. The molecule has 14 heavy (non-hydrogen) atoms. The third-order valence-electron chi connectivity index (χ3n) is 2.94. The summed E-state index contributed by atoms with van der Waals surface area (Å²) >= 11 is 1.94. The molecular formula is C10H18N2OS. The minimum atomic E-state index is 0.217. The van der Waals surface area contributed by atoms with Gasteiger partial charge in [0.1, 0.15) is 0 Å². The van der Waals surface area contributed by atoms with Crippen LogP contribution in [0.15, 0.2) is 0 Å². The van der Waals surface area contributed by atoms with Crippen molar-refractivity contribution in [3.05, 3.63) is 0 Å². The van der Waals surface area contributed by atoms with Gasteiger partial charge in [0.05, 0.1) is 5.92 Å². The Morgan fingerprint density at radius 1 is 1.43 bits per heavy atom. The molecular weight excluding hydrogens is 196 g/mol. The van der Waals surface area contributed by atoms with Gasteiger partial charge < -0.3 is 10.6 Å². The Morgan fingerprint density at radius 3 is 3.00 bits per heavy atom. The lowest BCUT2D eigenvalue weighted by molar-refractivity contribution is -0.126. The smallest absolute Gasteiger partial charge is 0.224 e. The van der Waals surface area contributed by atoms with E-state index in [0.29, 0.717) is 6.04 Å². The Balaban J connectivity index is 1.75. The van der Waals surface area contributed by atoms with Crippen LogP contribution in [0.1, 0.15) is 19.3 Å². The van der Waals surface area contributed by atoms with Gasteiger partial charge in [0.2, 0.25) is 5.91 Å². The van der Waals surface area contributed by atoms with E-state index >= 15 is 0 Å². The monoisotopic (exact) mass is 214 g/mol. The summed E-state index contributed by atoms with van der Waals surface area (Å²) in [6.07, 6.45) is 3.34. The second kappa shape index (κ2) is 5.03. The second-order valence-corrected chi connectivity index (χ2v) is 5.26. The van der Waals surface area contributed by atoms with Crippen LogP contribution in [0.3, 0.4) is 0 Å². The molecule has 2 unspecified atom stereocenters. The summed E-state index contributed by atoms with van der Waals surface area (Å²) in [5.74, 6) is 2.79. The molecule has 3 nitrogen and oxygen atoms in total. The molecule has 0 saturated carbocycles. The van der Waals surface area contributed by atoms with Crippen molar-refractivity contribution < 1.29 is 4.79 Å². The highest BCUT2D eigenvalue weighted by atomic mass is 32.2. The molecule has 0 spiro atoms. The van der Waals surface area contributed by atoms with Gasteiger partial charge in [-0.1, -0.05) is 0 Å². The Morgan fingerprint density at radius 2 is 2.36 bits per heavy atom. The van der Waals surface area contributed by atoms with E-state index in [1.165, 1.54) is 5.75 Å². The molecule has 2 aliphatic rings. The summed E-state index contributed by atoms with van der Waals surface area (Å²) in [7, 11) is 0. The van der Waals surface area contributed by atoms with Gasteiger partial charge in [0, 0.05) is 18.3 Å². The number of amides is 1. The topological polar surface area (TPSA) is 41.1 Å². The molecule has 0 aromatic heterocycles. The van der Waals surface area contributed by atoms with E-state index in [1.54, 1.807) is 0 Å². The molecule has 1 amide bonds. The first kappa shape index (κ1) is 10.3. The summed E-state index contributed by atoms with van der Waals surface area (Å²) in [4.78, 5) is 11.8. The largest absolute Gasteiger partial charge is 0.352 e. The molecule has 2 fully saturated rings. The van der Waals surface area contributed by atoms with Crippen LogP contribution in [-0.2, 0) is 4.79 Å². The lowest BCUT2D eigenvalue weighted by Gasteiger charge is -2.23. The predicted molar refractivity (Wildman–Crippen MR) is 59.5 cm³/mol. The second-order valence-electron chi connectivity index (χ2n) is 4.11. The third-order valence-corrected chi connectivity index (χ3v) is 4.11. The van der Waals surface area contributed by atoms with Crippen molar-refractivity contribution >= 4 is 17.7 Å². The van der Waals surface area contributed by atoms with Crippen LogP contribution in [0, 0.1) is 5.92 Å². The van der Waals surface area contributed by atoms with Crippen LogP contribution in [-0.4, -0.2) is 36.5 Å². The predicted octanol–water partition coefficient (Wildman–Crippen LogP) is 0.608. The number of rotatable bonds is 2. The SMILES string of the molecule is O=C(NC1CCSC1)C1CCCNC1. The van der Waals surface area contributed by atoms with Gasteiger partial charge in [-0.15, -0.1) is 0 Å². The first-order valence-corrected chi connectivity index (χ1v) is 6.60. The van der Waals surface area contributed by atoms with Crippen LogP contribution >= 0.6 is 11.8 Å². The molecule has 0 aromatic rings. The van der Waals surface area contributed by atoms with Crippen LogP contribution < -0.4 is 10.6 Å². The molecule has 0 aromatic carbocycles. The quantitative estimate of drug-likeness (QED) is 0.707. The lowest BCUT2D eigenvalue weighted by atomic mass is 9.98. The summed E-state index contributed by atoms with van der Waals surface area (Å²) in [5, 5.41) is 6.42. The lowest BCUT2D eigenvalue weighted by Crippen LogP contribution is -2.44. The summed E-state index contributed by atoms with van der Waals surface area (Å²) < 4.78 is 0. The number of piperidine rings is 1. The average Bonchev–Trinajstić information content (AvgIpc) is 2.72. The molecule has 2 heterocycles. The molecule has 4 heteroatoms. The molecule has 2 atom stereocenters. The first-order valence-electron chi connectivity index (χ1n) is 5.45. The number of thioether (sulfide) groups is 1. The van der Waals surface area contributed by atoms with Crippen molar-refractivity contribution in [2.45, 2.75) is 25.3 Å². The Bertz CT molecular complexity index is 198. The Labute approximate surface area is 89.4 Å². The molecule has 80 valence electrons. The van der Waals surface area contributed by atoms with Crippen molar-refractivity contribution in [2.75, 3.05) is 24.6 Å². The van der Waals surface area contributed by atoms with Crippen LogP contribution in [0.4, 0.5) is 0 Å². The van der Waals surface area contributed by atoms with E-state index in [0.717, 1.165) is 38.1 Å². The fraction of sp³-hybridized carbons (Fsp3) is 0.900. The number of carbonyl (C=O) groups excluding carboxylic acids is 1. The number of nitrogens with one attached hydrogen (secondary N) is 2. The minimum Gasteiger partial charge on any atom is -0.352 e. The van der Waals surface area contributed by atoms with Crippen molar-refractivity contribution in [3.63, 3.8) is 0 Å². The molecule has 0 aliphatic carbocycles. The fourth-order valence-corrected chi connectivity index (χ4v) is 3.20. The molecule has 2 saturated heterocycles. The van der Waals surface area contributed by atoms with Gasteiger partial charge in [-0.25, -0.2) is 0 Å². The van der Waals surface area contributed by atoms with Gasteiger partial charge >= 0.3 is 0 Å². The fourth-order valence-electron chi connectivity index (χ4n) is 2.04. The van der Waals surface area contributed by atoms with Gasteiger partial charge in [0.15, 0.2) is 0 Å². The zero-order valence-electron chi connectivity index (χ0n) is 8.42. The average molecular weight is 214 g/mol. The van der Waals surface area contributed by atoms with E-state index in [2.05, 4.69) is 10.6 Å². The highest BCUT2D eigenvalue weighted by molar-refractivity contribution is 7.99. The summed E-state index contributed by atoms with van der Waals surface area (Å²) in [6, 6.07) is 0.439. The zero-order valence-corrected chi connectivity index (χ0v) is 9.24. The highest BCUT2D eigenvalue weighted by Gasteiger charge is 2.24. The molecule has 2 N–H and O–H groups in total. The maximum atomic E-state index is 11.8. The van der Waals surface area contributed by atoms with E-state index in [9.17, 15) is 4.79 Å². The summed E-state index contributed by atoms with van der Waals surface area (Å²) in [5.41, 5.74) is 0. The van der Waals surface area contributed by atoms with E-state index in [1.807, 2.05) is 11.8 Å². The minimum absolute atomic E-state index is 0.217. The maximum Gasteiger partial charge on any atom is 0.224 e. The van der Waals surface area contributed by atoms with Crippen LogP contribution in [0.2, 0.25) is 0 Å². The van der Waals surface area contributed by atoms with E-state index < -0.39 is 0 Å². The zero-order chi connectivity index (χ0) is 9.80. The summed E-state index contributed by atoms with van der Waals surface area (Å²) in [6.45, 7) is 1.94. The van der Waals surface area contributed by atoms with Crippen molar-refractivity contribution in [1.82, 2.24) is 10.6 Å². The van der Waals surface area contributed by atoms with Crippen molar-refractivity contribution in [2.24, 2.45) is 5.92 Å². The first-order chi connectivity index (χ1) is 6.86. The molecule has 0 bridgehead atoms. The Hall–Kier alpha value is -0.220. The third kappa shape index (κ3) is 2.64. The van der Waals surface area contributed by atoms with E-state index in [-0.39, 0.29) is 11.8 Å². The van der Waals surface area contributed by atoms with Crippen molar-refractivity contribution in [3.8, 4) is 0 Å². The highest BCUT2D eigenvalue weighted by Crippen LogP contribution is 2.18. The van der Waals surface area contributed by atoms with Crippen LogP contribution in [0.25, 0.3) is 0 Å². The van der Waals surface area contributed by atoms with Crippen LogP contribution in [0.5, 0.6) is 0 Å². The standard InChI is InChI=1S/C10H18N2OS/c13-10(8-2-1-4-11-6-8)12-9-3-5-14-7-9/h8-9,11H,1-7H2,(H,12,13). The molecule has 0 radical (unpaired) electrons. The maximum absolute atomic E-state index is 11.8. The number of carbonyl (C=O) groups is 1. The molecule has 2 aliphatic heterocycles. The Kier molecular flexibility index (Phi) is 3.70. The number of hydrogen-bond donors (Lipinski definition) is 2. The van der Waals surface area contributed by atoms with Crippen molar-refractivity contribution in [1.29, 1.82) is 0 Å².